The van der Waals surface area contributed by atoms with Crippen LogP contribution in [0, 0.1) is 0 Å². The summed E-state index contributed by atoms with van der Waals surface area (Å²) in [6, 6.07) is 7.37. The molecule has 1 atom stereocenters. The monoisotopic (exact) mass is 222 g/mol. The first kappa shape index (κ1) is 12.4. The van der Waals surface area contributed by atoms with Crippen LogP contribution in [0.5, 0.6) is 11.5 Å². The van der Waals surface area contributed by atoms with Crippen LogP contribution in [-0.2, 0) is 4.74 Å². The summed E-state index contributed by atoms with van der Waals surface area (Å²) in [5, 5.41) is 0. The molecule has 16 heavy (non-hydrogen) atoms. The summed E-state index contributed by atoms with van der Waals surface area (Å²) in [4.78, 5) is 0. The summed E-state index contributed by atoms with van der Waals surface area (Å²) in [5.41, 5.74) is 0. The second-order valence-corrected chi connectivity index (χ2v) is 3.42. The molecule has 0 amide bonds. The van der Waals surface area contributed by atoms with Crippen molar-refractivity contribution in [3.8, 4) is 11.5 Å². The first-order chi connectivity index (χ1) is 7.76. The minimum Gasteiger partial charge on any atom is -0.497 e. The smallest absolute Gasteiger partial charge is 0.126 e. The Labute approximate surface area is 96.6 Å². The van der Waals surface area contributed by atoms with Gasteiger partial charge in [0.1, 0.15) is 24.0 Å². The second kappa shape index (κ2) is 6.77. The maximum absolute atomic E-state index is 5.34. The molecule has 1 aromatic carbocycles. The van der Waals surface area contributed by atoms with Crippen LogP contribution < -0.4 is 9.47 Å². The Hall–Kier alpha value is -1.64. The summed E-state index contributed by atoms with van der Waals surface area (Å²) in [6.45, 7) is 4.08. The molecule has 0 saturated carbocycles. The van der Waals surface area contributed by atoms with E-state index in [0.717, 1.165) is 17.9 Å². The van der Waals surface area contributed by atoms with E-state index in [2.05, 4.69) is 6.92 Å². The number of benzene rings is 1. The van der Waals surface area contributed by atoms with Gasteiger partial charge in [0.05, 0.1) is 13.2 Å². The van der Waals surface area contributed by atoms with Crippen molar-refractivity contribution in [3.05, 3.63) is 36.8 Å². The van der Waals surface area contributed by atoms with Gasteiger partial charge in [0.25, 0.3) is 0 Å². The molecule has 0 aliphatic rings. The zero-order valence-electron chi connectivity index (χ0n) is 9.97. The zero-order chi connectivity index (χ0) is 11.8. The highest BCUT2D eigenvalue weighted by Gasteiger charge is 1.94. The van der Waals surface area contributed by atoms with Crippen LogP contribution in [-0.4, -0.2) is 13.2 Å². The highest BCUT2D eigenvalue weighted by atomic mass is 16.5. The Balaban J connectivity index is 2.36. The molecular formula is C13H18O3. The lowest BCUT2D eigenvalue weighted by molar-refractivity contribution is 0.152. The van der Waals surface area contributed by atoms with Gasteiger partial charge in [0.15, 0.2) is 0 Å². The lowest BCUT2D eigenvalue weighted by Gasteiger charge is -2.07. The highest BCUT2D eigenvalue weighted by Crippen LogP contribution is 2.17. The van der Waals surface area contributed by atoms with E-state index >= 15 is 0 Å². The number of hydrogen-bond donors (Lipinski definition) is 0. The fraction of sp³-hybridized carbons (Fsp3) is 0.385. The molecule has 3 nitrogen and oxygen atoms in total. The zero-order valence-corrected chi connectivity index (χ0v) is 9.97. The normalized spacial score (nSPS) is 12.4. The molecule has 0 heterocycles. The van der Waals surface area contributed by atoms with Crippen LogP contribution in [0.3, 0.4) is 0 Å². The molecule has 0 radical (unpaired) electrons. The molecule has 0 aliphatic heterocycles. The largest absolute Gasteiger partial charge is 0.497 e. The first-order valence-electron chi connectivity index (χ1n) is 5.37. The van der Waals surface area contributed by atoms with E-state index in [1.165, 1.54) is 6.26 Å². The molecule has 0 aliphatic carbocycles. The maximum atomic E-state index is 5.34. The third kappa shape index (κ3) is 4.26. The van der Waals surface area contributed by atoms with E-state index in [1.807, 2.05) is 31.2 Å². The standard InChI is InChI=1S/C13H18O3/c1-4-11(2)15-9-10-16-13-7-5-12(14-3)6-8-13/h5-11H,4H2,1-3H3/b10-9-. The van der Waals surface area contributed by atoms with Gasteiger partial charge in [-0.2, -0.15) is 0 Å². The van der Waals surface area contributed by atoms with Gasteiger partial charge in [-0.15, -0.1) is 0 Å². The topological polar surface area (TPSA) is 27.7 Å². The van der Waals surface area contributed by atoms with Gasteiger partial charge in [-0.05, 0) is 37.6 Å². The van der Waals surface area contributed by atoms with Crippen LogP contribution in [0.15, 0.2) is 36.8 Å². The molecule has 1 aromatic rings. The molecule has 0 bridgehead atoms. The Morgan fingerprint density at radius 1 is 1.12 bits per heavy atom. The van der Waals surface area contributed by atoms with E-state index < -0.39 is 0 Å². The lowest BCUT2D eigenvalue weighted by Crippen LogP contribution is -2.00. The number of methoxy groups -OCH3 is 1. The van der Waals surface area contributed by atoms with E-state index in [1.54, 1.807) is 13.4 Å². The van der Waals surface area contributed by atoms with Gasteiger partial charge in [0, 0.05) is 0 Å². The van der Waals surface area contributed by atoms with Crippen LogP contribution >= 0.6 is 0 Å². The minimum atomic E-state index is 0.218. The molecule has 88 valence electrons. The minimum absolute atomic E-state index is 0.218. The summed E-state index contributed by atoms with van der Waals surface area (Å²) >= 11 is 0. The summed E-state index contributed by atoms with van der Waals surface area (Å²) in [7, 11) is 1.63. The predicted molar refractivity (Wildman–Crippen MR) is 63.6 cm³/mol. The van der Waals surface area contributed by atoms with Crippen molar-refractivity contribution < 1.29 is 14.2 Å². The van der Waals surface area contributed by atoms with Gasteiger partial charge in [-0.1, -0.05) is 6.92 Å². The Kier molecular flexibility index (Phi) is 5.26. The van der Waals surface area contributed by atoms with Crippen molar-refractivity contribution in [2.75, 3.05) is 7.11 Å². The molecule has 0 fully saturated rings. The average Bonchev–Trinajstić information content (AvgIpc) is 2.35. The maximum Gasteiger partial charge on any atom is 0.126 e. The number of ether oxygens (including phenoxy) is 3. The molecule has 1 unspecified atom stereocenters. The summed E-state index contributed by atoms with van der Waals surface area (Å²) in [6.07, 6.45) is 4.30. The highest BCUT2D eigenvalue weighted by molar-refractivity contribution is 5.31. The predicted octanol–water partition coefficient (Wildman–Crippen LogP) is 3.36. The lowest BCUT2D eigenvalue weighted by atomic mass is 10.3. The quantitative estimate of drug-likeness (QED) is 0.691. The molecule has 0 aromatic heterocycles. The molecule has 1 rings (SSSR count). The van der Waals surface area contributed by atoms with E-state index in [0.29, 0.717) is 0 Å². The molecule has 3 heteroatoms. The van der Waals surface area contributed by atoms with E-state index in [4.69, 9.17) is 14.2 Å². The van der Waals surface area contributed by atoms with E-state index in [9.17, 15) is 0 Å². The third-order valence-corrected chi connectivity index (χ3v) is 2.20. The fourth-order valence-electron chi connectivity index (χ4n) is 1.02. The molecule has 0 spiro atoms. The second-order valence-electron chi connectivity index (χ2n) is 3.42. The summed E-state index contributed by atoms with van der Waals surface area (Å²) < 4.78 is 15.7. The van der Waals surface area contributed by atoms with Crippen LogP contribution in [0.1, 0.15) is 20.3 Å². The molecule has 0 N–H and O–H groups in total. The molecule has 0 saturated heterocycles. The van der Waals surface area contributed by atoms with Gasteiger partial charge in [-0.3, -0.25) is 0 Å². The third-order valence-electron chi connectivity index (χ3n) is 2.20. The van der Waals surface area contributed by atoms with Crippen LogP contribution in [0.2, 0.25) is 0 Å². The van der Waals surface area contributed by atoms with Crippen LogP contribution in [0.25, 0.3) is 0 Å². The number of hydrogen-bond acceptors (Lipinski definition) is 3. The van der Waals surface area contributed by atoms with Crippen molar-refractivity contribution in [3.63, 3.8) is 0 Å². The van der Waals surface area contributed by atoms with Crippen molar-refractivity contribution in [1.82, 2.24) is 0 Å². The van der Waals surface area contributed by atoms with Gasteiger partial charge < -0.3 is 14.2 Å². The SMILES string of the molecule is CCC(C)O/C=C\Oc1ccc(OC)cc1. The van der Waals surface area contributed by atoms with Crippen molar-refractivity contribution in [1.29, 1.82) is 0 Å². The summed E-state index contributed by atoms with van der Waals surface area (Å²) in [5.74, 6) is 1.57. The van der Waals surface area contributed by atoms with Gasteiger partial charge in [0.2, 0.25) is 0 Å². The Bertz CT molecular complexity index is 316. The van der Waals surface area contributed by atoms with Gasteiger partial charge >= 0.3 is 0 Å². The molecular weight excluding hydrogens is 204 g/mol. The van der Waals surface area contributed by atoms with Crippen molar-refractivity contribution in [2.45, 2.75) is 26.4 Å². The van der Waals surface area contributed by atoms with Gasteiger partial charge in [-0.25, -0.2) is 0 Å². The average molecular weight is 222 g/mol. The Morgan fingerprint density at radius 2 is 1.75 bits per heavy atom. The van der Waals surface area contributed by atoms with E-state index in [-0.39, 0.29) is 6.10 Å². The number of rotatable bonds is 6. The Morgan fingerprint density at radius 3 is 2.31 bits per heavy atom. The van der Waals surface area contributed by atoms with Crippen molar-refractivity contribution >= 4 is 0 Å². The first-order valence-corrected chi connectivity index (χ1v) is 5.37. The van der Waals surface area contributed by atoms with Crippen molar-refractivity contribution in [2.24, 2.45) is 0 Å². The fourth-order valence-corrected chi connectivity index (χ4v) is 1.02. The van der Waals surface area contributed by atoms with Crippen LogP contribution in [0.4, 0.5) is 0 Å².